The summed E-state index contributed by atoms with van der Waals surface area (Å²) in [6.45, 7) is 1.82. The second-order valence-corrected chi connectivity index (χ2v) is 2.37. The molecule has 1 aromatic heterocycles. The first-order valence-corrected chi connectivity index (χ1v) is 3.39. The van der Waals surface area contributed by atoms with Gasteiger partial charge in [0.2, 0.25) is 0 Å². The molecule has 0 spiro atoms. The number of hydrogen-bond acceptors (Lipinski definition) is 3. The quantitative estimate of drug-likeness (QED) is 0.716. The molecule has 0 fully saturated rings. The van der Waals surface area contributed by atoms with E-state index >= 15 is 0 Å². The average Bonchev–Trinajstić information content (AvgIpc) is 2.03. The van der Waals surface area contributed by atoms with Crippen LogP contribution in [0.3, 0.4) is 0 Å². The van der Waals surface area contributed by atoms with E-state index in [1.807, 2.05) is 6.92 Å². The summed E-state index contributed by atoms with van der Waals surface area (Å²) in [7, 11) is 1.42. The molecule has 1 aromatic rings. The Morgan fingerprint density at radius 2 is 2.33 bits per heavy atom. The van der Waals surface area contributed by atoms with Gasteiger partial charge < -0.3 is 9.84 Å². The van der Waals surface area contributed by atoms with Gasteiger partial charge in [-0.25, -0.2) is 9.78 Å². The summed E-state index contributed by atoms with van der Waals surface area (Å²) >= 11 is 0. The number of carboxylic acids is 1. The lowest BCUT2D eigenvalue weighted by atomic mass is 10.2. The van der Waals surface area contributed by atoms with Crippen molar-refractivity contribution in [3.63, 3.8) is 0 Å². The maximum Gasteiger partial charge on any atom is 0.358 e. The van der Waals surface area contributed by atoms with E-state index in [-0.39, 0.29) is 5.69 Å². The number of rotatable bonds is 2. The Kier molecular flexibility index (Phi) is 2.28. The number of hydrogen-bond donors (Lipinski definition) is 1. The summed E-state index contributed by atoms with van der Waals surface area (Å²) in [5.74, 6) is -0.783. The van der Waals surface area contributed by atoms with Crippen LogP contribution in [0.2, 0.25) is 0 Å². The number of ether oxygens (including phenoxy) is 1. The summed E-state index contributed by atoms with van der Waals surface area (Å²) in [5.41, 5.74) is 0.819. The number of pyridine rings is 1. The molecule has 4 heteroatoms. The minimum absolute atomic E-state index is 0.0527. The van der Waals surface area contributed by atoms with Crippen LogP contribution in [-0.2, 0) is 0 Å². The fourth-order valence-corrected chi connectivity index (χ4v) is 0.859. The van der Waals surface area contributed by atoms with E-state index in [0.29, 0.717) is 5.75 Å². The predicted octanol–water partition coefficient (Wildman–Crippen LogP) is 1.10. The fraction of sp³-hybridized carbons (Fsp3) is 0.250. The third-order valence-corrected chi connectivity index (χ3v) is 1.41. The molecule has 0 aliphatic heterocycles. The van der Waals surface area contributed by atoms with E-state index in [1.165, 1.54) is 13.3 Å². The molecule has 0 bridgehead atoms. The van der Waals surface area contributed by atoms with E-state index in [0.717, 1.165) is 5.56 Å². The van der Waals surface area contributed by atoms with Gasteiger partial charge in [0.25, 0.3) is 0 Å². The number of methoxy groups -OCH3 is 1. The van der Waals surface area contributed by atoms with Gasteiger partial charge in [0, 0.05) is 6.20 Å². The van der Waals surface area contributed by atoms with Gasteiger partial charge in [0.15, 0.2) is 11.4 Å². The van der Waals surface area contributed by atoms with Crippen molar-refractivity contribution < 1.29 is 14.6 Å². The standard InChI is InChI=1S/C8H9NO3/c1-5-3-6(12-2)7(8(10)11)9-4-5/h3-4H,1-2H3,(H,10,11). The predicted molar refractivity (Wildman–Crippen MR) is 42.5 cm³/mol. The Morgan fingerprint density at radius 1 is 1.67 bits per heavy atom. The van der Waals surface area contributed by atoms with Gasteiger partial charge >= 0.3 is 5.97 Å². The Hall–Kier alpha value is -1.58. The topological polar surface area (TPSA) is 59.4 Å². The highest BCUT2D eigenvalue weighted by atomic mass is 16.5. The average molecular weight is 167 g/mol. The number of aromatic carboxylic acids is 1. The third-order valence-electron chi connectivity index (χ3n) is 1.41. The molecule has 0 unspecified atom stereocenters. The zero-order valence-corrected chi connectivity index (χ0v) is 6.87. The second-order valence-electron chi connectivity index (χ2n) is 2.37. The van der Waals surface area contributed by atoms with Gasteiger partial charge in [-0.15, -0.1) is 0 Å². The van der Waals surface area contributed by atoms with E-state index in [1.54, 1.807) is 6.07 Å². The molecule has 0 aromatic carbocycles. The zero-order valence-electron chi connectivity index (χ0n) is 6.87. The van der Waals surface area contributed by atoms with Gasteiger partial charge in [-0.05, 0) is 18.6 Å². The van der Waals surface area contributed by atoms with Crippen LogP contribution in [0.5, 0.6) is 5.75 Å². The molecule has 0 aliphatic carbocycles. The molecule has 0 aliphatic rings. The molecule has 0 saturated heterocycles. The molecule has 0 amide bonds. The van der Waals surface area contributed by atoms with Crippen molar-refractivity contribution in [3.05, 3.63) is 23.5 Å². The van der Waals surface area contributed by atoms with Crippen LogP contribution < -0.4 is 4.74 Å². The largest absolute Gasteiger partial charge is 0.494 e. The van der Waals surface area contributed by atoms with Gasteiger partial charge in [0.1, 0.15) is 0 Å². The lowest BCUT2D eigenvalue weighted by Gasteiger charge is -2.03. The molecule has 64 valence electrons. The number of aromatic nitrogens is 1. The first kappa shape index (κ1) is 8.52. The van der Waals surface area contributed by atoms with Crippen LogP contribution in [0, 0.1) is 6.92 Å². The van der Waals surface area contributed by atoms with E-state index in [4.69, 9.17) is 9.84 Å². The normalized spacial score (nSPS) is 9.50. The smallest absolute Gasteiger partial charge is 0.358 e. The lowest BCUT2D eigenvalue weighted by molar-refractivity contribution is 0.0686. The molecular weight excluding hydrogens is 158 g/mol. The molecule has 1 rings (SSSR count). The first-order valence-electron chi connectivity index (χ1n) is 3.39. The molecule has 1 N–H and O–H groups in total. The fourth-order valence-electron chi connectivity index (χ4n) is 0.859. The maximum atomic E-state index is 10.5. The Morgan fingerprint density at radius 3 is 2.83 bits per heavy atom. The zero-order chi connectivity index (χ0) is 9.14. The van der Waals surface area contributed by atoms with E-state index in [2.05, 4.69) is 4.98 Å². The minimum Gasteiger partial charge on any atom is -0.494 e. The van der Waals surface area contributed by atoms with Gasteiger partial charge in [-0.1, -0.05) is 0 Å². The van der Waals surface area contributed by atoms with Crippen molar-refractivity contribution >= 4 is 5.97 Å². The lowest BCUT2D eigenvalue weighted by Crippen LogP contribution is -2.03. The number of nitrogens with zero attached hydrogens (tertiary/aromatic N) is 1. The van der Waals surface area contributed by atoms with Gasteiger partial charge in [-0.3, -0.25) is 0 Å². The summed E-state index contributed by atoms with van der Waals surface area (Å²) in [5, 5.41) is 8.65. The molecule has 1 heterocycles. The van der Waals surface area contributed by atoms with Crippen LogP contribution in [0.4, 0.5) is 0 Å². The second kappa shape index (κ2) is 3.21. The van der Waals surface area contributed by atoms with Crippen molar-refractivity contribution in [1.82, 2.24) is 4.98 Å². The highest BCUT2D eigenvalue weighted by molar-refractivity contribution is 5.88. The van der Waals surface area contributed by atoms with Crippen molar-refractivity contribution in [2.45, 2.75) is 6.92 Å². The Labute approximate surface area is 69.8 Å². The summed E-state index contributed by atoms with van der Waals surface area (Å²) < 4.78 is 4.84. The Balaban J connectivity index is 3.20. The maximum absolute atomic E-state index is 10.5. The molecule has 12 heavy (non-hydrogen) atoms. The highest BCUT2D eigenvalue weighted by Gasteiger charge is 2.11. The highest BCUT2D eigenvalue weighted by Crippen LogP contribution is 2.16. The van der Waals surface area contributed by atoms with Crippen molar-refractivity contribution in [2.24, 2.45) is 0 Å². The minimum atomic E-state index is -1.08. The van der Waals surface area contributed by atoms with Crippen LogP contribution in [0.25, 0.3) is 0 Å². The molecule has 4 nitrogen and oxygen atoms in total. The number of carbonyl (C=O) groups is 1. The van der Waals surface area contributed by atoms with Crippen LogP contribution in [0.15, 0.2) is 12.3 Å². The molecular formula is C8H9NO3. The molecule has 0 radical (unpaired) electrons. The van der Waals surface area contributed by atoms with Crippen LogP contribution >= 0.6 is 0 Å². The van der Waals surface area contributed by atoms with Gasteiger partial charge in [-0.2, -0.15) is 0 Å². The van der Waals surface area contributed by atoms with Gasteiger partial charge in [0.05, 0.1) is 7.11 Å². The monoisotopic (exact) mass is 167 g/mol. The SMILES string of the molecule is COc1cc(C)cnc1C(=O)O. The van der Waals surface area contributed by atoms with Crippen molar-refractivity contribution in [1.29, 1.82) is 0 Å². The van der Waals surface area contributed by atoms with E-state index < -0.39 is 5.97 Å². The number of aryl methyl sites for hydroxylation is 1. The van der Waals surface area contributed by atoms with E-state index in [9.17, 15) is 4.79 Å². The molecule has 0 saturated carbocycles. The van der Waals surface area contributed by atoms with Crippen molar-refractivity contribution in [3.8, 4) is 5.75 Å². The Bertz CT molecular complexity index is 309. The first-order chi connectivity index (χ1) is 5.65. The van der Waals surface area contributed by atoms with Crippen LogP contribution in [0.1, 0.15) is 16.1 Å². The van der Waals surface area contributed by atoms with Crippen LogP contribution in [-0.4, -0.2) is 23.2 Å². The molecule has 0 atom stereocenters. The van der Waals surface area contributed by atoms with Crippen molar-refractivity contribution in [2.75, 3.05) is 7.11 Å². The summed E-state index contributed by atoms with van der Waals surface area (Å²) in [6.07, 6.45) is 1.49. The summed E-state index contributed by atoms with van der Waals surface area (Å²) in [4.78, 5) is 14.3. The number of carboxylic acid groups (broad SMARTS) is 1. The summed E-state index contributed by atoms with van der Waals surface area (Å²) in [6, 6.07) is 1.64. The third kappa shape index (κ3) is 1.53.